The Labute approximate surface area is 115 Å². The highest BCUT2D eigenvalue weighted by atomic mass is 19.1. The summed E-state index contributed by atoms with van der Waals surface area (Å²) in [4.78, 5) is 33.2. The van der Waals surface area contributed by atoms with Crippen molar-refractivity contribution in [3.05, 3.63) is 0 Å². The lowest BCUT2D eigenvalue weighted by atomic mass is 9.99. The normalized spacial score (nSPS) is 33.1. The Balaban J connectivity index is 3.01. The van der Waals surface area contributed by atoms with Gasteiger partial charge in [0.25, 0.3) is 0 Å². The van der Waals surface area contributed by atoms with Gasteiger partial charge in [-0.3, -0.25) is 14.4 Å². The summed E-state index contributed by atoms with van der Waals surface area (Å²) < 4.78 is 33.4. The van der Waals surface area contributed by atoms with E-state index in [1.165, 1.54) is 6.92 Å². The number of carbonyl (C=O) groups excluding carboxylic acids is 3. The molecular weight excluding hydrogens is 275 g/mol. The first kappa shape index (κ1) is 16.4. The predicted molar refractivity (Wildman–Crippen MR) is 62.1 cm³/mol. The standard InChI is InChI=1S/C12H17FO7/c1-5-9(18-6(2)14)10(19-7(3)15)11(12(13)17-5)20-8(4)16/h5,9-12H,1-4H3/t5-,9-,10+,11-,12+/m0/s1. The number of ether oxygens (including phenoxy) is 4. The van der Waals surface area contributed by atoms with Crippen LogP contribution < -0.4 is 0 Å². The molecule has 0 radical (unpaired) electrons. The molecule has 8 heteroatoms. The second kappa shape index (κ2) is 6.65. The molecule has 0 unspecified atom stereocenters. The van der Waals surface area contributed by atoms with E-state index >= 15 is 0 Å². The van der Waals surface area contributed by atoms with Gasteiger partial charge in [0.05, 0.1) is 6.10 Å². The highest BCUT2D eigenvalue weighted by Crippen LogP contribution is 2.29. The van der Waals surface area contributed by atoms with Crippen LogP contribution in [0.25, 0.3) is 0 Å². The summed E-state index contributed by atoms with van der Waals surface area (Å²) in [6, 6.07) is 0. The van der Waals surface area contributed by atoms with Gasteiger partial charge in [0.1, 0.15) is 0 Å². The number of rotatable bonds is 3. The summed E-state index contributed by atoms with van der Waals surface area (Å²) in [5, 5.41) is 0. The van der Waals surface area contributed by atoms with Gasteiger partial charge in [-0.05, 0) is 6.92 Å². The second-order valence-electron chi connectivity index (χ2n) is 4.41. The van der Waals surface area contributed by atoms with E-state index in [2.05, 4.69) is 0 Å². The summed E-state index contributed by atoms with van der Waals surface area (Å²) in [5.74, 6) is -2.14. The van der Waals surface area contributed by atoms with Crippen molar-refractivity contribution in [3.8, 4) is 0 Å². The fourth-order valence-electron chi connectivity index (χ4n) is 1.96. The van der Waals surface area contributed by atoms with Gasteiger partial charge in [0, 0.05) is 20.8 Å². The first-order valence-corrected chi connectivity index (χ1v) is 6.03. The van der Waals surface area contributed by atoms with Gasteiger partial charge in [-0.15, -0.1) is 0 Å². The molecular formula is C12H17FO7. The van der Waals surface area contributed by atoms with E-state index in [4.69, 9.17) is 18.9 Å². The molecule has 1 heterocycles. The summed E-state index contributed by atoms with van der Waals surface area (Å²) in [6.07, 6.45) is -6.65. The maximum Gasteiger partial charge on any atom is 0.303 e. The van der Waals surface area contributed by atoms with Gasteiger partial charge < -0.3 is 18.9 Å². The number of halogens is 1. The summed E-state index contributed by atoms with van der Waals surface area (Å²) >= 11 is 0. The molecule has 0 aromatic rings. The molecule has 5 atom stereocenters. The molecule has 1 fully saturated rings. The van der Waals surface area contributed by atoms with Gasteiger partial charge in [-0.2, -0.15) is 0 Å². The highest BCUT2D eigenvalue weighted by Gasteiger charge is 2.50. The summed E-state index contributed by atoms with van der Waals surface area (Å²) in [7, 11) is 0. The number of carbonyl (C=O) groups is 3. The molecule has 0 aliphatic carbocycles. The minimum Gasteiger partial charge on any atom is -0.456 e. The van der Waals surface area contributed by atoms with E-state index in [9.17, 15) is 18.8 Å². The van der Waals surface area contributed by atoms with Crippen molar-refractivity contribution in [1.82, 2.24) is 0 Å². The predicted octanol–water partition coefficient (Wildman–Crippen LogP) is 0.496. The minimum absolute atomic E-state index is 0.651. The molecule has 114 valence electrons. The van der Waals surface area contributed by atoms with Crippen molar-refractivity contribution < 1.29 is 37.7 Å². The van der Waals surface area contributed by atoms with Crippen LogP contribution in [0.5, 0.6) is 0 Å². The molecule has 1 rings (SSSR count). The molecule has 0 saturated carbocycles. The molecule has 0 amide bonds. The number of esters is 3. The molecule has 0 aromatic carbocycles. The maximum atomic E-state index is 13.8. The van der Waals surface area contributed by atoms with Gasteiger partial charge >= 0.3 is 17.9 Å². The number of hydrogen-bond acceptors (Lipinski definition) is 7. The lowest BCUT2D eigenvalue weighted by Gasteiger charge is -2.40. The van der Waals surface area contributed by atoms with Crippen molar-refractivity contribution in [2.75, 3.05) is 0 Å². The molecule has 0 aromatic heterocycles. The molecule has 1 aliphatic heterocycles. The monoisotopic (exact) mass is 292 g/mol. The average molecular weight is 292 g/mol. The van der Waals surface area contributed by atoms with Gasteiger partial charge in [-0.1, -0.05) is 0 Å². The topological polar surface area (TPSA) is 88.1 Å². The molecule has 0 bridgehead atoms. The Morgan fingerprint density at radius 1 is 0.850 bits per heavy atom. The van der Waals surface area contributed by atoms with Crippen LogP contribution in [0.4, 0.5) is 4.39 Å². The zero-order valence-electron chi connectivity index (χ0n) is 11.6. The number of hydrogen-bond donors (Lipinski definition) is 0. The van der Waals surface area contributed by atoms with Crippen LogP contribution in [0.15, 0.2) is 0 Å². The highest BCUT2D eigenvalue weighted by molar-refractivity contribution is 5.68. The van der Waals surface area contributed by atoms with Gasteiger partial charge in [0.15, 0.2) is 18.3 Å². The van der Waals surface area contributed by atoms with E-state index in [-0.39, 0.29) is 0 Å². The van der Waals surface area contributed by atoms with Crippen molar-refractivity contribution in [2.24, 2.45) is 0 Å². The molecule has 0 N–H and O–H groups in total. The molecule has 0 spiro atoms. The SMILES string of the molecule is CC(=O)O[C@@H]1[C@@H](OC(C)=O)[C@H](C)O[C@@H](F)[C@H]1OC(C)=O. The third-order valence-electron chi connectivity index (χ3n) is 2.62. The summed E-state index contributed by atoms with van der Waals surface area (Å²) in [6.45, 7) is 4.81. The Morgan fingerprint density at radius 2 is 1.25 bits per heavy atom. The molecule has 1 aliphatic rings. The van der Waals surface area contributed by atoms with Crippen LogP contribution in [0.2, 0.25) is 0 Å². The van der Waals surface area contributed by atoms with E-state index in [1.807, 2.05) is 0 Å². The van der Waals surface area contributed by atoms with Crippen LogP contribution in [-0.4, -0.2) is 48.7 Å². The Kier molecular flexibility index (Phi) is 5.43. The second-order valence-corrected chi connectivity index (χ2v) is 4.41. The average Bonchev–Trinajstić information content (AvgIpc) is 2.27. The quantitative estimate of drug-likeness (QED) is 0.552. The first-order valence-electron chi connectivity index (χ1n) is 6.03. The fourth-order valence-corrected chi connectivity index (χ4v) is 1.96. The van der Waals surface area contributed by atoms with Gasteiger partial charge in [0.2, 0.25) is 6.36 Å². The summed E-state index contributed by atoms with van der Waals surface area (Å²) in [5.41, 5.74) is 0. The van der Waals surface area contributed by atoms with Crippen LogP contribution in [-0.2, 0) is 33.3 Å². The van der Waals surface area contributed by atoms with Crippen molar-refractivity contribution in [2.45, 2.75) is 58.5 Å². The van der Waals surface area contributed by atoms with Crippen LogP contribution in [0.3, 0.4) is 0 Å². The smallest absolute Gasteiger partial charge is 0.303 e. The van der Waals surface area contributed by atoms with E-state index in [0.29, 0.717) is 0 Å². The third-order valence-corrected chi connectivity index (χ3v) is 2.62. The zero-order chi connectivity index (χ0) is 15.4. The van der Waals surface area contributed by atoms with Crippen molar-refractivity contribution >= 4 is 17.9 Å². The van der Waals surface area contributed by atoms with E-state index in [0.717, 1.165) is 20.8 Å². The third kappa shape index (κ3) is 4.16. The van der Waals surface area contributed by atoms with Crippen LogP contribution in [0.1, 0.15) is 27.7 Å². The lowest BCUT2D eigenvalue weighted by molar-refractivity contribution is -0.268. The maximum absolute atomic E-state index is 13.8. The Bertz CT molecular complexity index is 369. The minimum atomic E-state index is -1.98. The van der Waals surface area contributed by atoms with Crippen molar-refractivity contribution in [3.63, 3.8) is 0 Å². The Hall–Kier alpha value is -1.70. The van der Waals surface area contributed by atoms with Crippen molar-refractivity contribution in [1.29, 1.82) is 0 Å². The van der Waals surface area contributed by atoms with Gasteiger partial charge in [-0.25, -0.2) is 4.39 Å². The molecule has 20 heavy (non-hydrogen) atoms. The van der Waals surface area contributed by atoms with E-state index < -0.39 is 48.7 Å². The lowest BCUT2D eigenvalue weighted by Crippen LogP contribution is -2.59. The molecule has 7 nitrogen and oxygen atoms in total. The Morgan fingerprint density at radius 3 is 1.70 bits per heavy atom. The van der Waals surface area contributed by atoms with E-state index in [1.54, 1.807) is 0 Å². The van der Waals surface area contributed by atoms with Crippen LogP contribution >= 0.6 is 0 Å². The zero-order valence-corrected chi connectivity index (χ0v) is 11.6. The first-order chi connectivity index (χ1) is 9.22. The fraction of sp³-hybridized carbons (Fsp3) is 0.750. The number of alkyl halides is 1. The molecule has 1 saturated heterocycles. The largest absolute Gasteiger partial charge is 0.456 e. The van der Waals surface area contributed by atoms with Crippen LogP contribution in [0, 0.1) is 0 Å².